The van der Waals surface area contributed by atoms with Gasteiger partial charge in [0.1, 0.15) is 0 Å². The molecule has 2 rings (SSSR count). The maximum absolute atomic E-state index is 11.1. The first-order chi connectivity index (χ1) is 8.09. The van der Waals surface area contributed by atoms with Gasteiger partial charge in [0.05, 0.1) is 18.9 Å². The number of hydrogen-bond acceptors (Lipinski definition) is 5. The third kappa shape index (κ3) is 2.59. The molecule has 1 N–H and O–H groups in total. The Balaban J connectivity index is 2.35. The molecule has 1 aromatic rings. The van der Waals surface area contributed by atoms with Gasteiger partial charge in [-0.3, -0.25) is 0 Å². The van der Waals surface area contributed by atoms with Crippen molar-refractivity contribution in [3.05, 3.63) is 16.4 Å². The van der Waals surface area contributed by atoms with E-state index in [1.165, 1.54) is 6.07 Å². The number of anilines is 1. The molecule has 0 aliphatic carbocycles. The number of aromatic nitrogens is 2. The average molecular weight is 278 g/mol. The van der Waals surface area contributed by atoms with Crippen molar-refractivity contribution in [3.63, 3.8) is 0 Å². The molecule has 0 bridgehead atoms. The maximum Gasteiger partial charge on any atom is 0.328 e. The van der Waals surface area contributed by atoms with Gasteiger partial charge in [-0.05, 0) is 0 Å². The third-order valence-electron chi connectivity index (χ3n) is 2.42. The van der Waals surface area contributed by atoms with Crippen LogP contribution in [0.1, 0.15) is 0 Å². The number of ether oxygens (including phenoxy) is 1. The molecule has 2 heterocycles. The van der Waals surface area contributed by atoms with Crippen molar-refractivity contribution in [1.29, 1.82) is 0 Å². The zero-order chi connectivity index (χ0) is 12.4. The minimum Gasteiger partial charge on any atom is -0.480 e. The number of carboxylic acids is 1. The summed E-state index contributed by atoms with van der Waals surface area (Å²) in [5.41, 5.74) is 0.461. The highest BCUT2D eigenvalue weighted by Crippen LogP contribution is 2.28. The van der Waals surface area contributed by atoms with Gasteiger partial charge in [0, 0.05) is 12.6 Å². The van der Waals surface area contributed by atoms with Gasteiger partial charge in [0.25, 0.3) is 0 Å². The van der Waals surface area contributed by atoms with E-state index >= 15 is 0 Å². The van der Waals surface area contributed by atoms with E-state index in [0.29, 0.717) is 18.8 Å². The molecule has 1 saturated heterocycles. The predicted molar refractivity (Wildman–Crippen MR) is 61.6 cm³/mol. The summed E-state index contributed by atoms with van der Waals surface area (Å²) in [6.07, 6.45) is 0. The lowest BCUT2D eigenvalue weighted by atomic mass is 10.2. The molecule has 0 saturated carbocycles. The molecule has 1 unspecified atom stereocenters. The monoisotopic (exact) mass is 277 g/mol. The van der Waals surface area contributed by atoms with Crippen LogP contribution in [0.25, 0.3) is 0 Å². The van der Waals surface area contributed by atoms with Gasteiger partial charge in [0.15, 0.2) is 16.3 Å². The summed E-state index contributed by atoms with van der Waals surface area (Å²) in [6, 6.07) is 0.708. The number of rotatable bonds is 2. The Kier molecular flexibility index (Phi) is 3.66. The predicted octanol–water partition coefficient (Wildman–Crippen LogP) is 1.07. The molecule has 1 fully saturated rings. The van der Waals surface area contributed by atoms with Crippen LogP contribution in [-0.2, 0) is 9.53 Å². The number of halogens is 2. The third-order valence-corrected chi connectivity index (χ3v) is 2.88. The lowest BCUT2D eigenvalue weighted by Crippen LogP contribution is -2.50. The molecule has 1 aromatic heterocycles. The van der Waals surface area contributed by atoms with E-state index < -0.39 is 12.0 Å². The number of carbonyl (C=O) groups is 1. The first kappa shape index (κ1) is 12.3. The van der Waals surface area contributed by atoms with Gasteiger partial charge < -0.3 is 14.7 Å². The molecular weight excluding hydrogens is 269 g/mol. The van der Waals surface area contributed by atoms with Crippen LogP contribution in [0.15, 0.2) is 6.07 Å². The van der Waals surface area contributed by atoms with Crippen molar-refractivity contribution < 1.29 is 14.6 Å². The fourth-order valence-corrected chi connectivity index (χ4v) is 1.98. The van der Waals surface area contributed by atoms with Gasteiger partial charge in [-0.1, -0.05) is 23.2 Å². The minimum absolute atomic E-state index is 0.103. The summed E-state index contributed by atoms with van der Waals surface area (Å²) < 4.78 is 5.13. The molecule has 1 aliphatic rings. The molecule has 0 radical (unpaired) electrons. The average Bonchev–Trinajstić information content (AvgIpc) is 2.32. The molecule has 1 aliphatic heterocycles. The van der Waals surface area contributed by atoms with Crippen LogP contribution >= 0.6 is 23.2 Å². The molecule has 0 amide bonds. The number of carboxylic acid groups (broad SMARTS) is 1. The molecule has 17 heavy (non-hydrogen) atoms. The van der Waals surface area contributed by atoms with Crippen molar-refractivity contribution in [2.24, 2.45) is 0 Å². The Morgan fingerprint density at radius 1 is 1.53 bits per heavy atom. The van der Waals surface area contributed by atoms with Crippen LogP contribution in [0.2, 0.25) is 10.3 Å². The summed E-state index contributed by atoms with van der Waals surface area (Å²) in [4.78, 5) is 12.7. The Labute approximate surface area is 107 Å². The van der Waals surface area contributed by atoms with Crippen molar-refractivity contribution in [3.8, 4) is 0 Å². The molecule has 92 valence electrons. The molecule has 0 spiro atoms. The SMILES string of the molecule is O=C(O)C1COCCN1c1cc(Cl)nnc1Cl. The summed E-state index contributed by atoms with van der Waals surface area (Å²) in [5, 5.41) is 16.6. The van der Waals surface area contributed by atoms with Gasteiger partial charge in [-0.2, -0.15) is 0 Å². The maximum atomic E-state index is 11.1. The van der Waals surface area contributed by atoms with Crippen LogP contribution < -0.4 is 4.90 Å². The zero-order valence-corrected chi connectivity index (χ0v) is 10.1. The van der Waals surface area contributed by atoms with Gasteiger partial charge in [0.2, 0.25) is 0 Å². The van der Waals surface area contributed by atoms with E-state index in [0.717, 1.165) is 0 Å². The van der Waals surface area contributed by atoms with E-state index in [2.05, 4.69) is 10.2 Å². The number of aliphatic carboxylic acids is 1. The Hall–Kier alpha value is -1.11. The fraction of sp³-hybridized carbons (Fsp3) is 0.444. The molecule has 1 atom stereocenters. The van der Waals surface area contributed by atoms with Crippen molar-refractivity contribution >= 4 is 34.9 Å². The van der Waals surface area contributed by atoms with Crippen molar-refractivity contribution in [2.45, 2.75) is 6.04 Å². The number of hydrogen-bond donors (Lipinski definition) is 1. The highest BCUT2D eigenvalue weighted by Gasteiger charge is 2.31. The molecule has 8 heteroatoms. The van der Waals surface area contributed by atoms with Crippen LogP contribution in [0, 0.1) is 0 Å². The Morgan fingerprint density at radius 2 is 2.29 bits per heavy atom. The standard InChI is InChI=1S/C9H9Cl2N3O3/c10-7-3-5(8(11)13-12-7)14-1-2-17-4-6(14)9(15)16/h3,6H,1-2,4H2,(H,15,16). The largest absolute Gasteiger partial charge is 0.480 e. The van der Waals surface area contributed by atoms with E-state index in [-0.39, 0.29) is 16.9 Å². The number of nitrogens with zero attached hydrogens (tertiary/aromatic N) is 3. The first-order valence-electron chi connectivity index (χ1n) is 4.85. The van der Waals surface area contributed by atoms with E-state index in [9.17, 15) is 4.79 Å². The molecular formula is C9H9Cl2N3O3. The van der Waals surface area contributed by atoms with Crippen molar-refractivity contribution in [2.75, 3.05) is 24.7 Å². The lowest BCUT2D eigenvalue weighted by Gasteiger charge is -2.34. The van der Waals surface area contributed by atoms with E-state index in [1.807, 2.05) is 0 Å². The Bertz CT molecular complexity index is 443. The van der Waals surface area contributed by atoms with Crippen molar-refractivity contribution in [1.82, 2.24) is 10.2 Å². The second-order valence-corrected chi connectivity index (χ2v) is 4.21. The second-order valence-electron chi connectivity index (χ2n) is 3.47. The highest BCUT2D eigenvalue weighted by atomic mass is 35.5. The molecule has 6 nitrogen and oxygen atoms in total. The van der Waals surface area contributed by atoms with Gasteiger partial charge in [-0.15, -0.1) is 10.2 Å². The Morgan fingerprint density at radius 3 is 3.00 bits per heavy atom. The van der Waals surface area contributed by atoms with Crippen LogP contribution in [0.5, 0.6) is 0 Å². The van der Waals surface area contributed by atoms with Gasteiger partial charge in [-0.25, -0.2) is 4.79 Å². The van der Waals surface area contributed by atoms with Gasteiger partial charge >= 0.3 is 5.97 Å². The second kappa shape index (κ2) is 5.03. The first-order valence-corrected chi connectivity index (χ1v) is 5.61. The summed E-state index contributed by atoms with van der Waals surface area (Å²) in [6.45, 7) is 0.949. The van der Waals surface area contributed by atoms with E-state index in [4.69, 9.17) is 33.0 Å². The van der Waals surface area contributed by atoms with Crippen LogP contribution in [0.4, 0.5) is 5.69 Å². The summed E-state index contributed by atoms with van der Waals surface area (Å²) in [7, 11) is 0. The highest BCUT2D eigenvalue weighted by molar-refractivity contribution is 6.33. The van der Waals surface area contributed by atoms with E-state index in [1.54, 1.807) is 4.90 Å². The lowest BCUT2D eigenvalue weighted by molar-refractivity contribution is -0.141. The summed E-state index contributed by atoms with van der Waals surface area (Å²) in [5.74, 6) is -0.978. The smallest absolute Gasteiger partial charge is 0.328 e. The zero-order valence-electron chi connectivity index (χ0n) is 8.64. The topological polar surface area (TPSA) is 75.6 Å². The quantitative estimate of drug-likeness (QED) is 0.872. The number of morpholine rings is 1. The normalized spacial score (nSPS) is 20.4. The summed E-state index contributed by atoms with van der Waals surface area (Å²) >= 11 is 11.6. The fourth-order valence-electron chi connectivity index (χ4n) is 1.64. The minimum atomic E-state index is -0.978. The molecule has 0 aromatic carbocycles. The van der Waals surface area contributed by atoms with Crippen LogP contribution in [-0.4, -0.2) is 47.1 Å². The van der Waals surface area contributed by atoms with Crippen LogP contribution in [0.3, 0.4) is 0 Å².